The lowest BCUT2D eigenvalue weighted by molar-refractivity contribution is -0.115. The molecule has 1 spiro atoms. The van der Waals surface area contributed by atoms with Crippen molar-refractivity contribution in [1.82, 2.24) is 10.2 Å². The van der Waals surface area contributed by atoms with Gasteiger partial charge >= 0.3 is 6.03 Å². The SMILES string of the molecule is Cc1ccc(CNC(=O)C2=NOC3(CCN(C(=O)Nc4ccc(Cl)c(Cl)c4)CC3)C2)o1. The number of carbonyl (C=O) groups excluding carboxylic acids is 2. The number of likely N-dealkylation sites (tertiary alicyclic amines) is 1. The molecule has 2 aromatic rings. The number of piperidine rings is 1. The van der Waals surface area contributed by atoms with Crippen molar-refractivity contribution in [1.29, 1.82) is 0 Å². The minimum absolute atomic E-state index is 0.223. The number of anilines is 1. The summed E-state index contributed by atoms with van der Waals surface area (Å²) in [6, 6.07) is 8.38. The largest absolute Gasteiger partial charge is 0.465 e. The Bertz CT molecular complexity index is 1030. The normalized spacial score (nSPS) is 17.3. The predicted molar refractivity (Wildman–Crippen MR) is 117 cm³/mol. The van der Waals surface area contributed by atoms with Crippen LogP contribution in [0.5, 0.6) is 0 Å². The van der Waals surface area contributed by atoms with Gasteiger partial charge in [0.2, 0.25) is 0 Å². The van der Waals surface area contributed by atoms with Gasteiger partial charge in [-0.1, -0.05) is 28.4 Å². The number of halogens is 2. The Hall–Kier alpha value is -2.71. The van der Waals surface area contributed by atoms with E-state index in [0.29, 0.717) is 66.1 Å². The van der Waals surface area contributed by atoms with Crippen molar-refractivity contribution >= 4 is 46.5 Å². The molecule has 0 radical (unpaired) electrons. The van der Waals surface area contributed by atoms with Gasteiger partial charge in [-0.2, -0.15) is 0 Å². The lowest BCUT2D eigenvalue weighted by atomic mass is 9.87. The van der Waals surface area contributed by atoms with E-state index < -0.39 is 5.60 Å². The second kappa shape index (κ2) is 8.80. The molecule has 1 aromatic heterocycles. The molecule has 10 heteroatoms. The Labute approximate surface area is 189 Å². The number of aryl methyl sites for hydroxylation is 1. The molecule has 1 aromatic carbocycles. The number of furan rings is 1. The fourth-order valence-corrected chi connectivity index (χ4v) is 3.95. The highest BCUT2D eigenvalue weighted by Gasteiger charge is 2.44. The average Bonchev–Trinajstić information content (AvgIpc) is 3.36. The van der Waals surface area contributed by atoms with Gasteiger partial charge in [0.05, 0.1) is 16.6 Å². The van der Waals surface area contributed by atoms with Gasteiger partial charge < -0.3 is 24.8 Å². The second-order valence-corrected chi connectivity index (χ2v) is 8.54. The maximum atomic E-state index is 12.6. The molecule has 2 N–H and O–H groups in total. The molecule has 0 unspecified atom stereocenters. The summed E-state index contributed by atoms with van der Waals surface area (Å²) in [5.74, 6) is 1.20. The summed E-state index contributed by atoms with van der Waals surface area (Å²) in [7, 11) is 0. The van der Waals surface area contributed by atoms with Crippen LogP contribution in [-0.4, -0.2) is 41.2 Å². The van der Waals surface area contributed by atoms with E-state index in [1.807, 2.05) is 19.1 Å². The van der Waals surface area contributed by atoms with Crippen LogP contribution in [0, 0.1) is 6.92 Å². The molecule has 8 nitrogen and oxygen atoms in total. The Morgan fingerprint density at radius 1 is 1.16 bits per heavy atom. The van der Waals surface area contributed by atoms with Crippen LogP contribution in [0.1, 0.15) is 30.8 Å². The van der Waals surface area contributed by atoms with Crippen molar-refractivity contribution in [2.75, 3.05) is 18.4 Å². The standard InChI is InChI=1S/C21H22Cl2N4O4/c1-13-2-4-15(30-13)12-24-19(28)18-11-21(31-26-18)6-8-27(9-7-21)20(29)25-14-3-5-16(22)17(23)10-14/h2-5,10H,6-9,11-12H2,1H3,(H,24,28)(H,25,29). The van der Waals surface area contributed by atoms with Crippen molar-refractivity contribution in [3.05, 3.63) is 51.9 Å². The number of nitrogens with zero attached hydrogens (tertiary/aromatic N) is 2. The summed E-state index contributed by atoms with van der Waals surface area (Å²) < 4.78 is 5.45. The van der Waals surface area contributed by atoms with E-state index in [9.17, 15) is 9.59 Å². The third-order valence-electron chi connectivity index (χ3n) is 5.45. The van der Waals surface area contributed by atoms with Crippen LogP contribution in [-0.2, 0) is 16.2 Å². The quantitative estimate of drug-likeness (QED) is 0.702. The van der Waals surface area contributed by atoms with Crippen LogP contribution in [0.25, 0.3) is 0 Å². The monoisotopic (exact) mass is 464 g/mol. The Kier molecular flexibility index (Phi) is 6.11. The van der Waals surface area contributed by atoms with Crippen molar-refractivity contribution in [2.45, 2.75) is 38.3 Å². The van der Waals surface area contributed by atoms with Crippen molar-refractivity contribution in [2.24, 2.45) is 5.16 Å². The lowest BCUT2D eigenvalue weighted by Crippen LogP contribution is -2.48. The van der Waals surface area contributed by atoms with E-state index in [1.54, 1.807) is 23.1 Å². The van der Waals surface area contributed by atoms with Gasteiger partial charge in [0.1, 0.15) is 22.8 Å². The van der Waals surface area contributed by atoms with Gasteiger partial charge in [0.15, 0.2) is 0 Å². The Morgan fingerprint density at radius 3 is 2.61 bits per heavy atom. The molecule has 31 heavy (non-hydrogen) atoms. The van der Waals surface area contributed by atoms with Gasteiger partial charge in [0, 0.05) is 38.0 Å². The number of hydrogen-bond acceptors (Lipinski definition) is 5. The first kappa shape index (κ1) is 21.5. The van der Waals surface area contributed by atoms with Gasteiger partial charge in [0.25, 0.3) is 5.91 Å². The summed E-state index contributed by atoms with van der Waals surface area (Å²) in [5, 5.41) is 10.4. The smallest absolute Gasteiger partial charge is 0.321 e. The van der Waals surface area contributed by atoms with Crippen LogP contribution >= 0.6 is 23.2 Å². The first-order valence-corrected chi connectivity index (χ1v) is 10.7. The highest BCUT2D eigenvalue weighted by atomic mass is 35.5. The highest BCUT2D eigenvalue weighted by Crippen LogP contribution is 2.35. The minimum atomic E-state index is -0.547. The molecule has 4 rings (SSSR count). The summed E-state index contributed by atoms with van der Waals surface area (Å²) in [6.45, 7) is 3.12. The molecular weight excluding hydrogens is 443 g/mol. The van der Waals surface area contributed by atoms with Crippen LogP contribution in [0.3, 0.4) is 0 Å². The number of benzene rings is 1. The molecule has 3 amide bonds. The lowest BCUT2D eigenvalue weighted by Gasteiger charge is -2.37. The molecule has 2 aliphatic heterocycles. The van der Waals surface area contributed by atoms with Gasteiger partial charge in [-0.25, -0.2) is 4.79 Å². The third kappa shape index (κ3) is 4.97. The maximum Gasteiger partial charge on any atom is 0.321 e. The zero-order valence-electron chi connectivity index (χ0n) is 16.9. The maximum absolute atomic E-state index is 12.6. The number of hydrogen-bond donors (Lipinski definition) is 2. The summed E-state index contributed by atoms with van der Waals surface area (Å²) >= 11 is 11.9. The van der Waals surface area contributed by atoms with Gasteiger partial charge in [-0.15, -0.1) is 0 Å². The summed E-state index contributed by atoms with van der Waals surface area (Å²) in [6.07, 6.45) is 1.58. The molecule has 2 aliphatic rings. The molecule has 0 aliphatic carbocycles. The van der Waals surface area contributed by atoms with Crippen LogP contribution in [0.4, 0.5) is 10.5 Å². The van der Waals surface area contributed by atoms with Crippen LogP contribution in [0.15, 0.2) is 39.9 Å². The minimum Gasteiger partial charge on any atom is -0.465 e. The number of oxime groups is 1. The van der Waals surface area contributed by atoms with E-state index in [-0.39, 0.29) is 11.9 Å². The summed E-state index contributed by atoms with van der Waals surface area (Å²) in [4.78, 5) is 32.3. The molecule has 0 atom stereocenters. The van der Waals surface area contributed by atoms with Crippen LogP contribution in [0.2, 0.25) is 10.0 Å². The van der Waals surface area contributed by atoms with Gasteiger partial charge in [-0.05, 0) is 37.3 Å². The topological polar surface area (TPSA) is 96.2 Å². The van der Waals surface area contributed by atoms with E-state index >= 15 is 0 Å². The molecule has 0 bridgehead atoms. The van der Waals surface area contributed by atoms with Crippen molar-refractivity contribution in [3.63, 3.8) is 0 Å². The van der Waals surface area contributed by atoms with E-state index in [2.05, 4.69) is 15.8 Å². The third-order valence-corrected chi connectivity index (χ3v) is 6.19. The molecule has 0 saturated carbocycles. The molecule has 3 heterocycles. The molecule has 1 saturated heterocycles. The zero-order valence-corrected chi connectivity index (χ0v) is 18.4. The van der Waals surface area contributed by atoms with E-state index in [0.717, 1.165) is 5.76 Å². The van der Waals surface area contributed by atoms with Crippen LogP contribution < -0.4 is 10.6 Å². The number of rotatable bonds is 4. The van der Waals surface area contributed by atoms with E-state index in [1.165, 1.54) is 0 Å². The number of nitrogens with one attached hydrogen (secondary N) is 2. The van der Waals surface area contributed by atoms with Gasteiger partial charge in [-0.3, -0.25) is 4.79 Å². The van der Waals surface area contributed by atoms with Crippen molar-refractivity contribution in [3.8, 4) is 0 Å². The zero-order chi connectivity index (χ0) is 22.0. The fourth-order valence-electron chi connectivity index (χ4n) is 3.65. The highest BCUT2D eigenvalue weighted by molar-refractivity contribution is 6.42. The Balaban J connectivity index is 1.26. The van der Waals surface area contributed by atoms with Crippen molar-refractivity contribution < 1.29 is 18.8 Å². The predicted octanol–water partition coefficient (Wildman–Crippen LogP) is 4.35. The fraction of sp³-hybridized carbons (Fsp3) is 0.381. The molecular formula is C21H22Cl2N4O4. The Morgan fingerprint density at radius 2 is 1.94 bits per heavy atom. The average molecular weight is 465 g/mol. The first-order valence-electron chi connectivity index (χ1n) is 9.93. The number of carbonyl (C=O) groups is 2. The van der Waals surface area contributed by atoms with E-state index in [4.69, 9.17) is 32.5 Å². The summed E-state index contributed by atoms with van der Waals surface area (Å²) in [5.41, 5.74) is 0.386. The first-order chi connectivity index (χ1) is 14.8. The second-order valence-electron chi connectivity index (χ2n) is 7.73. The number of urea groups is 1. The molecule has 164 valence electrons. The molecule has 1 fully saturated rings. The number of amides is 3.